The summed E-state index contributed by atoms with van der Waals surface area (Å²) in [5, 5.41) is 10.7. The molecule has 0 radical (unpaired) electrons. The highest BCUT2D eigenvalue weighted by Gasteiger charge is 2.53. The maximum absolute atomic E-state index is 12.8. The highest BCUT2D eigenvalue weighted by Crippen LogP contribution is 2.37. The second-order valence-corrected chi connectivity index (χ2v) is 13.6. The van der Waals surface area contributed by atoms with Crippen LogP contribution in [0.1, 0.15) is 17.4 Å². The molecule has 4 unspecified atom stereocenters. The van der Waals surface area contributed by atoms with Crippen LogP contribution in [0.3, 0.4) is 0 Å². The van der Waals surface area contributed by atoms with E-state index in [1.807, 2.05) is 60.7 Å². The van der Waals surface area contributed by atoms with Crippen LogP contribution in [0.2, 0.25) is 0 Å². The van der Waals surface area contributed by atoms with E-state index in [2.05, 4.69) is 5.32 Å². The van der Waals surface area contributed by atoms with Crippen LogP contribution < -0.4 is 5.32 Å². The van der Waals surface area contributed by atoms with E-state index >= 15 is 0 Å². The Morgan fingerprint density at radius 2 is 1.62 bits per heavy atom. The molecule has 40 heavy (non-hydrogen) atoms. The molecular weight excluding hydrogens is 653 g/mol. The quantitative estimate of drug-likeness (QED) is 0.203. The largest absolute Gasteiger partial charge is 0.446 e. The smallest absolute Gasteiger partial charge is 0.407 e. The Kier molecular flexibility index (Phi) is 11.0. The van der Waals surface area contributed by atoms with E-state index < -0.39 is 63.1 Å². The average Bonchev–Trinajstić information content (AvgIpc) is 2.91. The Bertz CT molecular complexity index is 1140. The number of ether oxygens (including phenoxy) is 6. The van der Waals surface area contributed by atoms with E-state index in [4.69, 9.17) is 103 Å². The molecule has 4 rings (SSSR count). The fraction of sp³-hybridized carbons (Fsp3) is 0.440. The molecule has 0 bridgehead atoms. The van der Waals surface area contributed by atoms with Crippen LogP contribution in [0.5, 0.6) is 0 Å². The maximum atomic E-state index is 12.8. The summed E-state index contributed by atoms with van der Waals surface area (Å²) >= 11 is 34.7. The van der Waals surface area contributed by atoms with Gasteiger partial charge in [-0.3, -0.25) is 5.41 Å². The number of nitrogens with one attached hydrogen (secondary N) is 2. The predicted molar refractivity (Wildman–Crippen MR) is 151 cm³/mol. The van der Waals surface area contributed by atoms with Gasteiger partial charge in [0.1, 0.15) is 31.0 Å². The van der Waals surface area contributed by atoms with Gasteiger partial charge in [0, 0.05) is 5.56 Å². The van der Waals surface area contributed by atoms with E-state index in [0.717, 1.165) is 11.1 Å². The molecule has 0 spiro atoms. The van der Waals surface area contributed by atoms with Gasteiger partial charge in [-0.1, -0.05) is 130 Å². The minimum absolute atomic E-state index is 0.0703. The Hall–Kier alpha value is -1.24. The Morgan fingerprint density at radius 3 is 2.25 bits per heavy atom. The number of alkyl carbamates (subject to hydrolysis) is 1. The van der Waals surface area contributed by atoms with Gasteiger partial charge in [0.25, 0.3) is 3.79 Å². The molecule has 2 saturated heterocycles. The zero-order valence-electron chi connectivity index (χ0n) is 20.5. The van der Waals surface area contributed by atoms with Crippen molar-refractivity contribution < 1.29 is 33.2 Å². The number of alkyl halides is 6. The van der Waals surface area contributed by atoms with Crippen molar-refractivity contribution in [3.05, 3.63) is 71.8 Å². The highest BCUT2D eigenvalue weighted by molar-refractivity contribution is 6.76. The summed E-state index contributed by atoms with van der Waals surface area (Å²) in [6, 6.07) is 17.5. The maximum Gasteiger partial charge on any atom is 0.407 e. The third kappa shape index (κ3) is 8.88. The molecule has 0 aromatic heterocycles. The second kappa shape index (κ2) is 13.8. The van der Waals surface area contributed by atoms with Crippen LogP contribution in [0.4, 0.5) is 4.79 Å². The number of hydrogen-bond donors (Lipinski definition) is 2. The van der Waals surface area contributed by atoms with Crippen molar-refractivity contribution in [2.75, 3.05) is 13.2 Å². The summed E-state index contributed by atoms with van der Waals surface area (Å²) in [5.74, 6) is -0.746. The van der Waals surface area contributed by atoms with Gasteiger partial charge in [0.15, 0.2) is 6.29 Å². The first kappa shape index (κ1) is 31.7. The Morgan fingerprint density at radius 1 is 0.975 bits per heavy atom. The number of hydrogen-bond acceptors (Lipinski definition) is 8. The van der Waals surface area contributed by atoms with Crippen LogP contribution >= 0.6 is 69.6 Å². The standard InChI is InChI=1S/C25H24Cl6N2O7/c26-24(27,28)13-37-23(34)33-17-19(35-11-14-7-3-1-4-8-14)18-16(38-21(17)40-22(32)25(29,30)31)12-36-20(39-18)15-9-5-2-6-10-15/h1-10,16-21,32H,11-13H2,(H,33,34)/t16?,17?,18-,19?,20?,21-/m1/s1. The van der Waals surface area contributed by atoms with Gasteiger partial charge >= 0.3 is 6.09 Å². The van der Waals surface area contributed by atoms with E-state index in [-0.39, 0.29) is 13.2 Å². The highest BCUT2D eigenvalue weighted by atomic mass is 35.6. The third-order valence-electron chi connectivity index (χ3n) is 5.84. The topological polar surface area (TPSA) is 108 Å². The lowest BCUT2D eigenvalue weighted by molar-refractivity contribution is -0.341. The number of fused-ring (bicyclic) bond motifs is 1. The van der Waals surface area contributed by atoms with Crippen LogP contribution in [-0.2, 0) is 35.0 Å². The SMILES string of the molecule is N=C(O[C@H]1OC2COC(c3ccccc3)O[C@H]2C(OCc2ccccc2)C1NC(=O)OCC(Cl)(Cl)Cl)C(Cl)(Cl)Cl. The molecule has 2 aromatic rings. The molecule has 2 heterocycles. The predicted octanol–water partition coefficient (Wildman–Crippen LogP) is 6.24. The van der Waals surface area contributed by atoms with Crippen molar-refractivity contribution in [3.63, 3.8) is 0 Å². The number of halogens is 6. The fourth-order valence-corrected chi connectivity index (χ4v) is 4.38. The molecule has 0 aliphatic carbocycles. The van der Waals surface area contributed by atoms with Crippen molar-refractivity contribution in [1.82, 2.24) is 5.32 Å². The Balaban J connectivity index is 1.63. The minimum atomic E-state index is -2.21. The number of benzene rings is 2. The first-order valence-electron chi connectivity index (χ1n) is 11.9. The molecule has 0 saturated carbocycles. The van der Waals surface area contributed by atoms with Crippen molar-refractivity contribution in [3.8, 4) is 0 Å². The number of amides is 1. The van der Waals surface area contributed by atoms with Gasteiger partial charge in [-0.25, -0.2) is 4.79 Å². The number of carbonyl (C=O) groups is 1. The molecular formula is C25H24Cl6N2O7. The normalized spacial score (nSPS) is 26.9. The number of rotatable bonds is 7. The second-order valence-electron chi connectivity index (χ2n) is 8.79. The van der Waals surface area contributed by atoms with E-state index in [1.165, 1.54) is 0 Å². The van der Waals surface area contributed by atoms with Crippen LogP contribution in [0.15, 0.2) is 60.7 Å². The van der Waals surface area contributed by atoms with Gasteiger partial charge in [-0.15, -0.1) is 0 Å². The van der Waals surface area contributed by atoms with Crippen molar-refractivity contribution in [1.29, 1.82) is 5.41 Å². The van der Waals surface area contributed by atoms with Crippen molar-refractivity contribution >= 4 is 81.6 Å². The van der Waals surface area contributed by atoms with Gasteiger partial charge < -0.3 is 33.7 Å². The summed E-state index contributed by atoms with van der Waals surface area (Å²) < 4.78 is 31.2. The average molecular weight is 677 g/mol. The molecule has 2 aromatic carbocycles. The van der Waals surface area contributed by atoms with Gasteiger partial charge in [0.05, 0.1) is 13.2 Å². The third-order valence-corrected chi connectivity index (χ3v) is 6.68. The summed E-state index contributed by atoms with van der Waals surface area (Å²) in [6.45, 7) is -0.347. The van der Waals surface area contributed by atoms with Crippen molar-refractivity contribution in [2.45, 2.75) is 51.1 Å². The summed E-state index contributed by atoms with van der Waals surface area (Å²) in [6.07, 6.45) is -5.56. The molecule has 218 valence electrons. The molecule has 2 aliphatic rings. The molecule has 2 fully saturated rings. The number of carbonyl (C=O) groups excluding carboxylic acids is 1. The van der Waals surface area contributed by atoms with Gasteiger partial charge in [0.2, 0.25) is 16.0 Å². The molecule has 15 heteroatoms. The first-order chi connectivity index (χ1) is 18.9. The molecule has 6 atom stereocenters. The first-order valence-corrected chi connectivity index (χ1v) is 14.1. The van der Waals surface area contributed by atoms with Crippen LogP contribution in [-0.4, -0.2) is 63.4 Å². The molecule has 9 nitrogen and oxygen atoms in total. The van der Waals surface area contributed by atoms with Crippen LogP contribution in [0.25, 0.3) is 0 Å². The minimum Gasteiger partial charge on any atom is -0.446 e. The van der Waals surface area contributed by atoms with Gasteiger partial charge in [-0.05, 0) is 5.56 Å². The zero-order chi connectivity index (χ0) is 28.9. The molecule has 2 aliphatic heterocycles. The lowest BCUT2D eigenvalue weighted by Gasteiger charge is -2.49. The lowest BCUT2D eigenvalue weighted by atomic mass is 9.95. The summed E-state index contributed by atoms with van der Waals surface area (Å²) in [4.78, 5) is 12.8. The van der Waals surface area contributed by atoms with Crippen LogP contribution in [0, 0.1) is 5.41 Å². The zero-order valence-corrected chi connectivity index (χ0v) is 25.0. The monoisotopic (exact) mass is 674 g/mol. The summed E-state index contributed by atoms with van der Waals surface area (Å²) in [5.41, 5.74) is 1.62. The van der Waals surface area contributed by atoms with Gasteiger partial charge in [-0.2, -0.15) is 0 Å². The van der Waals surface area contributed by atoms with Crippen molar-refractivity contribution in [2.24, 2.45) is 0 Å². The Labute approximate surface area is 260 Å². The molecule has 2 N–H and O–H groups in total. The fourth-order valence-electron chi connectivity index (χ4n) is 4.08. The van der Waals surface area contributed by atoms with E-state index in [9.17, 15) is 4.79 Å². The summed E-state index contributed by atoms with van der Waals surface area (Å²) in [7, 11) is 0. The molecule has 1 amide bonds. The van der Waals surface area contributed by atoms with E-state index in [1.54, 1.807) is 0 Å². The lowest BCUT2D eigenvalue weighted by Crippen LogP contribution is -2.68. The van der Waals surface area contributed by atoms with E-state index in [0.29, 0.717) is 0 Å².